The van der Waals surface area contributed by atoms with Crippen LogP contribution in [0.4, 0.5) is 22.4 Å². The van der Waals surface area contributed by atoms with Crippen molar-refractivity contribution < 1.29 is 108 Å². The third-order valence-electron chi connectivity index (χ3n) is 21.1. The van der Waals surface area contributed by atoms with Crippen LogP contribution in [0.5, 0.6) is 11.5 Å². The van der Waals surface area contributed by atoms with Gasteiger partial charge in [0.2, 0.25) is 0 Å². The van der Waals surface area contributed by atoms with Crippen molar-refractivity contribution in [3.63, 3.8) is 0 Å². The van der Waals surface area contributed by atoms with Gasteiger partial charge in [-0.25, -0.2) is 48.8 Å². The molecule has 0 N–H and O–H groups in total. The zero-order valence-corrected chi connectivity index (χ0v) is 70.8. The number of benzene rings is 7. The molecule has 15 nitrogen and oxygen atoms in total. The summed E-state index contributed by atoms with van der Waals surface area (Å²) < 4.78 is 154. The predicted molar refractivity (Wildman–Crippen MR) is 431 cm³/mol. The average Bonchev–Trinajstić information content (AvgIpc) is 1.62. The average molecular weight is 1730 g/mol. The van der Waals surface area contributed by atoms with E-state index < -0.39 is 65.7 Å². The zero-order chi connectivity index (χ0) is 82.8. The van der Waals surface area contributed by atoms with Gasteiger partial charge in [-0.15, -0.1) is 0 Å². The minimum absolute atomic E-state index is 0.0767. The lowest BCUT2D eigenvalue weighted by Gasteiger charge is -2.60. The van der Waals surface area contributed by atoms with E-state index in [0.29, 0.717) is 34.8 Å². The fraction of sp³-hybridized carbons (Fsp3) is 0.411. The van der Waals surface area contributed by atoms with Crippen molar-refractivity contribution in [1.82, 2.24) is 0 Å². The number of hydrogen-bond acceptors (Lipinski definition) is 15. The van der Waals surface area contributed by atoms with Gasteiger partial charge < -0.3 is 37.5 Å². The van der Waals surface area contributed by atoms with E-state index in [2.05, 4.69) is 139 Å². The molecule has 0 spiro atoms. The quantitative estimate of drug-likeness (QED) is 0.00661. The number of thiophene rings is 1. The molecule has 6 aliphatic rings. The summed E-state index contributed by atoms with van der Waals surface area (Å²) >= 11 is -0.200. The first-order valence-corrected chi connectivity index (χ1v) is 44.6. The van der Waals surface area contributed by atoms with Crippen molar-refractivity contribution in [1.29, 1.82) is 0 Å². The summed E-state index contributed by atoms with van der Waals surface area (Å²) in [5, 5.41) is 2.74. The van der Waals surface area contributed by atoms with E-state index >= 15 is 0 Å². The number of ether oxygens (including phenoxy) is 6. The van der Waals surface area contributed by atoms with Crippen LogP contribution in [0.15, 0.2) is 187 Å². The van der Waals surface area contributed by atoms with Gasteiger partial charge in [-0.2, -0.15) is 0 Å². The van der Waals surface area contributed by atoms with Crippen molar-refractivity contribution in [2.45, 2.75) is 211 Å². The fourth-order valence-corrected chi connectivity index (χ4v) is 21.5. The molecule has 0 amide bonds. The minimum atomic E-state index is -5.65. The maximum atomic E-state index is 13.0. The van der Waals surface area contributed by atoms with E-state index in [9.17, 15) is 57.9 Å². The summed E-state index contributed by atoms with van der Waals surface area (Å²) in [5.41, 5.74) is 2.13. The van der Waals surface area contributed by atoms with Gasteiger partial charge in [0, 0.05) is 44.5 Å². The second kappa shape index (κ2) is 40.5. The first kappa shape index (κ1) is 90.5. The van der Waals surface area contributed by atoms with E-state index in [1.54, 1.807) is 19.9 Å². The molecule has 1 heterocycles. The van der Waals surface area contributed by atoms with Gasteiger partial charge in [-0.1, -0.05) is 139 Å². The lowest BCUT2D eigenvalue weighted by molar-refractivity contribution is -0.597. The Bertz CT molecular complexity index is 4760. The second-order valence-corrected chi connectivity index (χ2v) is 38.2. The van der Waals surface area contributed by atoms with Crippen molar-refractivity contribution in [3.8, 4) is 16.4 Å². The van der Waals surface area contributed by atoms with Crippen LogP contribution in [0.2, 0.25) is 0 Å². The number of rotatable bonds is 20. The number of aryl methyl sites for hydroxylation is 2. The molecule has 1 atom stereocenters. The third kappa shape index (κ3) is 24.5. The topological polar surface area (TPSA) is 221 Å². The number of carbonyl (C=O) groups is 3. The number of fused-ring (bicyclic) bond motifs is 3. The maximum Gasteiger partial charge on any atom is 0.514 e. The highest BCUT2D eigenvalue weighted by molar-refractivity contribution is 7.86. The SMILES string of the molecule is C=C(C)C(=O)OC1(CC)C2CC3CC(C2)CC1C3.C=C(C)C(=O)OC1(CC)CCCC1.C=Cc1c(F)c(F)c(S(=O)(=O)[O-])c(F)c1F.C=Cc1ccc(S(=O)(=O)[O-])cc1.CC(C)(C)OC(=O)Oc1ccc([I+]c2ccccc2)cc1.Cc1cc(-[s+]2c3ccccc3c3ccccc32)cc(C)c1OC(C)OCCC1CCCCC1. The Morgan fingerprint density at radius 3 is 1.58 bits per heavy atom. The van der Waals surface area contributed by atoms with E-state index in [-0.39, 0.29) is 66.0 Å². The number of hydrogen-bond donors (Lipinski definition) is 0. The monoisotopic (exact) mass is 1720 g/mol. The summed E-state index contributed by atoms with van der Waals surface area (Å²) in [7, 11) is -10.0. The number of halogens is 5. The van der Waals surface area contributed by atoms with Crippen LogP contribution in [0.25, 0.3) is 37.2 Å². The van der Waals surface area contributed by atoms with Crippen LogP contribution in [-0.4, -0.2) is 73.7 Å². The van der Waals surface area contributed by atoms with Gasteiger partial charge in [-0.05, 0) is 252 Å². The highest BCUT2D eigenvalue weighted by Gasteiger charge is 2.58. The molecule has 1 unspecified atom stereocenters. The standard InChI is InChI=1S/C30H35O2S.C17H18IO3.C16H24O2.C11H18O2.C8H4F4O3S.C8H8O3S/c1-21-19-25(33-28-15-9-7-13-26(28)27-14-8-10-16-29(27)33)20-22(2)30(21)32-23(3)31-18-17-24-11-5-4-6-12-24;1-17(2,3)21-16(19)20-15-11-9-14(10-12-15)18-13-7-5-4-6-8-13;1-4-16(18-15(17)10(2)3)13-6-11-5-12(8-13)9-14(16)7-11;1-4-11(7-5-6-8-11)13-10(12)9(2)3;1-2-3-4(9)6(11)8(16(13,14)15)7(12)5(3)10;1-2-7-3-5-8(6-4-7)12(9,10)11/h7-10,13-16,19-20,23-24H,4-6,11-12,17-18H2,1-3H3;4-12H,1-3H3;11-14H,2,4-9H2,1,3H3;2,4-8H2,1,3H3;2H,1H2,(H,13,14,15);2-6H,1H2,(H,9,10,11)/q2*+1;;;;/p-2. The summed E-state index contributed by atoms with van der Waals surface area (Å²) in [6.45, 7) is 34.0. The molecule has 1 aromatic heterocycles. The lowest BCUT2D eigenvalue weighted by atomic mass is 9.49. The van der Waals surface area contributed by atoms with E-state index in [0.717, 1.165) is 67.8 Å². The van der Waals surface area contributed by atoms with Crippen molar-refractivity contribution in [3.05, 3.63) is 230 Å². The van der Waals surface area contributed by atoms with Gasteiger partial charge in [0.1, 0.15) is 53.4 Å². The summed E-state index contributed by atoms with van der Waals surface area (Å²) in [6, 6.07) is 45.9. The molecule has 0 saturated heterocycles. The molecule has 8 aromatic rings. The van der Waals surface area contributed by atoms with Crippen LogP contribution in [-0.2, 0) is 48.8 Å². The molecule has 23 heteroatoms. The predicted octanol–water partition coefficient (Wildman–Crippen LogP) is 19.8. The molecule has 6 saturated carbocycles. The van der Waals surface area contributed by atoms with Crippen LogP contribution in [0.3, 0.4) is 0 Å². The summed E-state index contributed by atoms with van der Waals surface area (Å²) in [5.74, 6) is -3.53. The highest BCUT2D eigenvalue weighted by Crippen LogP contribution is 2.61. The smallest absolute Gasteiger partial charge is 0.514 e. The van der Waals surface area contributed by atoms with Crippen molar-refractivity contribution >= 4 is 81.1 Å². The Morgan fingerprint density at radius 2 is 1.12 bits per heavy atom. The molecule has 7 aromatic carbocycles. The molecular weight excluding hydrogens is 1620 g/mol. The molecule has 0 radical (unpaired) electrons. The van der Waals surface area contributed by atoms with Crippen LogP contribution >= 0.6 is 10.5 Å². The Balaban J connectivity index is 0.000000177. The Hall–Kier alpha value is -8.04. The zero-order valence-electron chi connectivity index (χ0n) is 66.2. The molecule has 0 aliphatic heterocycles. The number of esters is 2. The summed E-state index contributed by atoms with van der Waals surface area (Å²) in [4.78, 5) is 33.9. The van der Waals surface area contributed by atoms with Crippen LogP contribution < -0.4 is 30.7 Å². The molecule has 113 heavy (non-hydrogen) atoms. The first-order valence-electron chi connectivity index (χ1n) is 38.4. The van der Waals surface area contributed by atoms with Gasteiger partial charge in [0.25, 0.3) is 0 Å². The summed E-state index contributed by atoms with van der Waals surface area (Å²) in [6.07, 6.45) is 22.0. The Kier molecular flexibility index (Phi) is 32.4. The maximum absolute atomic E-state index is 13.0. The third-order valence-corrected chi connectivity index (χ3v) is 27.7. The molecule has 6 fully saturated rings. The Morgan fingerprint density at radius 1 is 0.628 bits per heavy atom. The van der Waals surface area contributed by atoms with Gasteiger partial charge in [0.05, 0.1) is 17.1 Å². The molecule has 4 bridgehead atoms. The normalized spacial score (nSPS) is 18.9. The van der Waals surface area contributed by atoms with E-state index in [1.807, 2.05) is 58.0 Å². The molecular formula is C90H105F4IO15S3. The largest absolute Gasteiger partial charge is 0.744 e. The van der Waals surface area contributed by atoms with E-state index in [1.165, 1.54) is 145 Å². The highest BCUT2D eigenvalue weighted by atomic mass is 127. The molecule has 14 rings (SSSR count). The van der Waals surface area contributed by atoms with Gasteiger partial charge >= 0.3 is 39.3 Å². The number of carbonyl (C=O) groups excluding carboxylic acids is 3. The molecule has 608 valence electrons. The first-order chi connectivity index (χ1) is 53.4. The molecule has 6 aliphatic carbocycles. The van der Waals surface area contributed by atoms with Crippen LogP contribution in [0, 0.1) is 73.8 Å². The van der Waals surface area contributed by atoms with Gasteiger partial charge in [-0.3, -0.25) is 0 Å². The minimum Gasteiger partial charge on any atom is -0.744 e. The van der Waals surface area contributed by atoms with Crippen LogP contribution in [0.1, 0.15) is 187 Å². The second-order valence-electron chi connectivity index (χ2n) is 30.5. The van der Waals surface area contributed by atoms with Crippen molar-refractivity contribution in [2.75, 3.05) is 6.61 Å². The van der Waals surface area contributed by atoms with E-state index in [4.69, 9.17) is 28.4 Å². The fourth-order valence-electron chi connectivity index (χ4n) is 15.6. The van der Waals surface area contributed by atoms with Crippen molar-refractivity contribution in [2.24, 2.45) is 29.6 Å². The lowest BCUT2D eigenvalue weighted by Crippen LogP contribution is -3.61. The Labute approximate surface area is 677 Å². The van der Waals surface area contributed by atoms with Gasteiger partial charge in [0.15, 0.2) is 51.0 Å².